The van der Waals surface area contributed by atoms with Gasteiger partial charge in [-0.15, -0.1) is 6.42 Å². The molecule has 1 saturated carbocycles. The number of ether oxygens (including phenoxy) is 2. The van der Waals surface area contributed by atoms with Crippen LogP contribution in [0.15, 0.2) is 24.3 Å². The zero-order valence-corrected chi connectivity index (χ0v) is 16.4. The molecule has 2 aliphatic rings. The summed E-state index contributed by atoms with van der Waals surface area (Å²) in [7, 11) is 1.71. The molecule has 5 heteroatoms. The minimum absolute atomic E-state index is 0.316. The fourth-order valence-corrected chi connectivity index (χ4v) is 4.12. The van der Waals surface area contributed by atoms with Crippen molar-refractivity contribution >= 4 is 5.69 Å². The lowest BCUT2D eigenvalue weighted by atomic mass is 9.85. The predicted octanol–water partition coefficient (Wildman–Crippen LogP) is 2.53. The zero-order chi connectivity index (χ0) is 19.1. The van der Waals surface area contributed by atoms with Crippen LogP contribution in [0.2, 0.25) is 0 Å². The zero-order valence-electron chi connectivity index (χ0n) is 16.4. The first-order valence-corrected chi connectivity index (χ1v) is 10.1. The summed E-state index contributed by atoms with van der Waals surface area (Å²) in [5.41, 5.74) is 0.679. The van der Waals surface area contributed by atoms with Crippen molar-refractivity contribution in [1.29, 1.82) is 0 Å². The number of methoxy groups -OCH3 is 1. The van der Waals surface area contributed by atoms with E-state index in [1.807, 2.05) is 18.2 Å². The number of terminal acetylenes is 1. The number of nitrogens with zero attached hydrogens (tertiary/aromatic N) is 2. The summed E-state index contributed by atoms with van der Waals surface area (Å²) in [6, 6.07) is 8.12. The van der Waals surface area contributed by atoms with Crippen molar-refractivity contribution in [1.82, 2.24) is 4.90 Å². The van der Waals surface area contributed by atoms with E-state index in [1.54, 1.807) is 7.11 Å². The number of para-hydroxylation sites is 2. The maximum atomic E-state index is 10.4. The Hall–Kier alpha value is -1.74. The molecule has 1 saturated heterocycles. The fraction of sp³-hybridized carbons (Fsp3) is 0.636. The molecule has 5 nitrogen and oxygen atoms in total. The number of rotatable bonds is 7. The number of anilines is 1. The van der Waals surface area contributed by atoms with Gasteiger partial charge in [-0.2, -0.15) is 0 Å². The first-order chi connectivity index (χ1) is 13.2. The van der Waals surface area contributed by atoms with Gasteiger partial charge in [0.25, 0.3) is 0 Å². The highest BCUT2D eigenvalue weighted by molar-refractivity contribution is 5.58. The summed E-state index contributed by atoms with van der Waals surface area (Å²) in [5, 5.41) is 10.4. The van der Waals surface area contributed by atoms with E-state index >= 15 is 0 Å². The molecule has 1 aliphatic carbocycles. The molecule has 1 aromatic carbocycles. The van der Waals surface area contributed by atoms with Crippen LogP contribution in [0.5, 0.6) is 5.75 Å². The third-order valence-corrected chi connectivity index (χ3v) is 5.74. The highest BCUT2D eigenvalue weighted by Crippen LogP contribution is 2.31. The molecule has 0 aromatic heterocycles. The lowest BCUT2D eigenvalue weighted by Gasteiger charge is -2.38. The maximum Gasteiger partial charge on any atom is 0.142 e. The van der Waals surface area contributed by atoms with Crippen molar-refractivity contribution in [2.24, 2.45) is 0 Å². The Morgan fingerprint density at radius 3 is 2.52 bits per heavy atom. The third-order valence-electron chi connectivity index (χ3n) is 5.74. The van der Waals surface area contributed by atoms with Gasteiger partial charge >= 0.3 is 0 Å². The Kier molecular flexibility index (Phi) is 7.01. The Morgan fingerprint density at radius 2 is 1.85 bits per heavy atom. The molecule has 2 fully saturated rings. The van der Waals surface area contributed by atoms with Gasteiger partial charge < -0.3 is 19.5 Å². The first kappa shape index (κ1) is 20.0. The van der Waals surface area contributed by atoms with Gasteiger partial charge in [0.05, 0.1) is 25.5 Å². The number of benzene rings is 1. The second kappa shape index (κ2) is 9.45. The molecule has 1 heterocycles. The highest BCUT2D eigenvalue weighted by Gasteiger charge is 2.31. The molecule has 0 amide bonds. The van der Waals surface area contributed by atoms with Crippen LogP contribution in [0.4, 0.5) is 5.69 Å². The van der Waals surface area contributed by atoms with Crippen LogP contribution in [-0.2, 0) is 4.74 Å². The average molecular weight is 373 g/mol. The van der Waals surface area contributed by atoms with Gasteiger partial charge in [0, 0.05) is 32.7 Å². The number of hydrogen-bond donors (Lipinski definition) is 1. The van der Waals surface area contributed by atoms with Crippen molar-refractivity contribution < 1.29 is 14.6 Å². The van der Waals surface area contributed by atoms with E-state index in [0.29, 0.717) is 13.2 Å². The topological polar surface area (TPSA) is 45.2 Å². The van der Waals surface area contributed by atoms with E-state index < -0.39 is 11.7 Å². The first-order valence-electron chi connectivity index (χ1n) is 10.1. The van der Waals surface area contributed by atoms with Crippen LogP contribution in [0.3, 0.4) is 0 Å². The quantitative estimate of drug-likeness (QED) is 0.745. The standard InChI is InChI=1S/C22H32N2O3/c1-3-22(11-7-4-8-12-22)27-18-19(25)17-23-13-15-24(16-14-23)20-9-5-6-10-21(20)26-2/h1,5-6,9-10,19,25H,4,7-8,11-18H2,2H3/t19-/m1/s1. The summed E-state index contributed by atoms with van der Waals surface area (Å²) >= 11 is 0. The van der Waals surface area contributed by atoms with Crippen LogP contribution < -0.4 is 9.64 Å². The molecule has 3 rings (SSSR count). The molecular formula is C22H32N2O3. The normalized spacial score (nSPS) is 21.4. The lowest BCUT2D eigenvalue weighted by molar-refractivity contribution is -0.0698. The minimum Gasteiger partial charge on any atom is -0.495 e. The molecule has 1 aromatic rings. The Labute approximate surface area is 163 Å². The van der Waals surface area contributed by atoms with Gasteiger partial charge in [-0.1, -0.05) is 24.5 Å². The fourth-order valence-electron chi connectivity index (χ4n) is 4.12. The molecule has 1 atom stereocenters. The Balaban J connectivity index is 1.44. The Morgan fingerprint density at radius 1 is 1.15 bits per heavy atom. The second-order valence-electron chi connectivity index (χ2n) is 7.62. The summed E-state index contributed by atoms with van der Waals surface area (Å²) in [5.74, 6) is 3.75. The lowest BCUT2D eigenvalue weighted by Crippen LogP contribution is -2.49. The molecule has 0 unspecified atom stereocenters. The average Bonchev–Trinajstić information content (AvgIpc) is 2.73. The Bertz CT molecular complexity index is 629. The predicted molar refractivity (Wildman–Crippen MR) is 108 cm³/mol. The number of hydrogen-bond acceptors (Lipinski definition) is 5. The SMILES string of the molecule is C#CC1(OC[C@H](O)CN2CCN(c3ccccc3OC)CC2)CCCCC1. The van der Waals surface area contributed by atoms with Crippen LogP contribution in [0.25, 0.3) is 0 Å². The van der Waals surface area contributed by atoms with E-state index in [1.165, 1.54) is 6.42 Å². The molecule has 0 bridgehead atoms. The van der Waals surface area contributed by atoms with Crippen LogP contribution in [0.1, 0.15) is 32.1 Å². The third kappa shape index (κ3) is 5.16. The van der Waals surface area contributed by atoms with E-state index in [4.69, 9.17) is 15.9 Å². The number of piperazine rings is 1. The van der Waals surface area contributed by atoms with Crippen LogP contribution >= 0.6 is 0 Å². The van der Waals surface area contributed by atoms with E-state index in [0.717, 1.165) is 63.3 Å². The monoisotopic (exact) mass is 372 g/mol. The summed E-state index contributed by atoms with van der Waals surface area (Å²) in [4.78, 5) is 4.64. The van der Waals surface area contributed by atoms with Crippen molar-refractivity contribution in [2.45, 2.75) is 43.8 Å². The molecule has 27 heavy (non-hydrogen) atoms. The maximum absolute atomic E-state index is 10.4. The van der Waals surface area contributed by atoms with Crippen molar-refractivity contribution in [3.63, 3.8) is 0 Å². The molecular weight excluding hydrogens is 340 g/mol. The van der Waals surface area contributed by atoms with Gasteiger partial charge in [-0.25, -0.2) is 0 Å². The minimum atomic E-state index is -0.505. The van der Waals surface area contributed by atoms with Crippen molar-refractivity contribution in [3.05, 3.63) is 24.3 Å². The highest BCUT2D eigenvalue weighted by atomic mass is 16.5. The smallest absolute Gasteiger partial charge is 0.142 e. The summed E-state index contributed by atoms with van der Waals surface area (Å²) in [6.07, 6.45) is 10.5. The van der Waals surface area contributed by atoms with Crippen molar-refractivity contribution in [3.8, 4) is 18.1 Å². The van der Waals surface area contributed by atoms with E-state index in [9.17, 15) is 5.11 Å². The van der Waals surface area contributed by atoms with Crippen molar-refractivity contribution in [2.75, 3.05) is 51.3 Å². The largest absolute Gasteiger partial charge is 0.495 e. The molecule has 0 spiro atoms. The second-order valence-corrected chi connectivity index (χ2v) is 7.62. The van der Waals surface area contributed by atoms with Gasteiger partial charge in [0.2, 0.25) is 0 Å². The van der Waals surface area contributed by atoms with Gasteiger partial charge in [0.15, 0.2) is 0 Å². The number of β-amino-alcohol motifs (C(OH)–C–C–N with tert-alkyl or cyclic N) is 1. The van der Waals surface area contributed by atoms with Gasteiger partial charge in [-0.3, -0.25) is 4.90 Å². The van der Waals surface area contributed by atoms with E-state index in [-0.39, 0.29) is 0 Å². The number of aliphatic hydroxyl groups is 1. The number of aliphatic hydroxyl groups excluding tert-OH is 1. The van der Waals surface area contributed by atoms with Crippen LogP contribution in [0, 0.1) is 12.3 Å². The molecule has 1 aliphatic heterocycles. The van der Waals surface area contributed by atoms with Gasteiger partial charge in [0.1, 0.15) is 11.4 Å². The molecule has 0 radical (unpaired) electrons. The molecule has 148 valence electrons. The molecule has 1 N–H and O–H groups in total. The van der Waals surface area contributed by atoms with E-state index in [2.05, 4.69) is 21.8 Å². The van der Waals surface area contributed by atoms with Gasteiger partial charge in [-0.05, 0) is 37.8 Å². The summed E-state index contributed by atoms with van der Waals surface area (Å²) < 4.78 is 11.5. The summed E-state index contributed by atoms with van der Waals surface area (Å²) in [6.45, 7) is 4.60. The van der Waals surface area contributed by atoms with Crippen LogP contribution in [-0.4, -0.2) is 68.2 Å².